The molecule has 1 aliphatic carbocycles. The molecule has 18 heavy (non-hydrogen) atoms. The second-order valence-electron chi connectivity index (χ2n) is 6.61. The summed E-state index contributed by atoms with van der Waals surface area (Å²) in [6.07, 6.45) is 10.2. The van der Waals surface area contributed by atoms with Crippen molar-refractivity contribution in [1.82, 2.24) is 4.90 Å². The number of nitrogens with zero attached hydrogens (tertiary/aromatic N) is 1. The normalized spacial score (nSPS) is 35.8. The second kappa shape index (κ2) is 6.91. The first-order valence-electron chi connectivity index (χ1n) is 8.14. The van der Waals surface area contributed by atoms with Gasteiger partial charge in [-0.25, -0.2) is 0 Å². The summed E-state index contributed by atoms with van der Waals surface area (Å²) in [6, 6.07) is 0.676. The maximum atomic E-state index is 10.2. The molecule has 1 heterocycles. The van der Waals surface area contributed by atoms with Crippen LogP contribution in [-0.2, 0) is 0 Å². The van der Waals surface area contributed by atoms with Gasteiger partial charge in [-0.05, 0) is 44.6 Å². The summed E-state index contributed by atoms with van der Waals surface area (Å²) >= 11 is 0. The molecule has 0 radical (unpaired) electrons. The van der Waals surface area contributed by atoms with E-state index in [1.54, 1.807) is 0 Å². The van der Waals surface area contributed by atoms with Crippen molar-refractivity contribution in [2.24, 2.45) is 11.8 Å². The van der Waals surface area contributed by atoms with E-state index in [9.17, 15) is 5.11 Å². The van der Waals surface area contributed by atoms with E-state index in [4.69, 9.17) is 0 Å². The zero-order valence-corrected chi connectivity index (χ0v) is 12.3. The van der Waals surface area contributed by atoms with Crippen LogP contribution in [0.2, 0.25) is 0 Å². The number of rotatable bonds is 5. The molecule has 106 valence electrons. The Labute approximate surface area is 113 Å². The van der Waals surface area contributed by atoms with Gasteiger partial charge in [0.15, 0.2) is 0 Å². The molecule has 2 nitrogen and oxygen atoms in total. The Kier molecular flexibility index (Phi) is 5.50. The molecule has 0 aromatic rings. The van der Waals surface area contributed by atoms with Crippen molar-refractivity contribution in [3.8, 4) is 0 Å². The van der Waals surface area contributed by atoms with Gasteiger partial charge in [-0.3, -0.25) is 4.90 Å². The molecule has 2 rings (SSSR count). The third kappa shape index (κ3) is 3.48. The summed E-state index contributed by atoms with van der Waals surface area (Å²) in [5.41, 5.74) is 0. The molecular weight excluding hydrogens is 222 g/mol. The highest BCUT2D eigenvalue weighted by Gasteiger charge is 2.36. The van der Waals surface area contributed by atoms with Crippen LogP contribution in [0.5, 0.6) is 0 Å². The fraction of sp³-hybridized carbons (Fsp3) is 1.00. The molecule has 2 fully saturated rings. The van der Waals surface area contributed by atoms with Crippen molar-refractivity contribution in [2.75, 3.05) is 13.1 Å². The predicted molar refractivity (Wildman–Crippen MR) is 76.6 cm³/mol. The van der Waals surface area contributed by atoms with Crippen molar-refractivity contribution in [2.45, 2.75) is 77.4 Å². The largest absolute Gasteiger partial charge is 0.393 e. The maximum absolute atomic E-state index is 10.2. The Hall–Kier alpha value is -0.0800. The molecule has 0 amide bonds. The van der Waals surface area contributed by atoms with Crippen molar-refractivity contribution in [3.05, 3.63) is 0 Å². The standard InChI is InChI=1S/C16H31NO/c1-3-7-13(2)12-17-11-5-4-9-15(17)14-8-6-10-16(14)18/h13-16,18H,3-12H2,1-2H3. The lowest BCUT2D eigenvalue weighted by Gasteiger charge is -2.41. The summed E-state index contributed by atoms with van der Waals surface area (Å²) in [7, 11) is 0. The maximum Gasteiger partial charge on any atom is 0.0583 e. The first-order valence-corrected chi connectivity index (χ1v) is 8.14. The summed E-state index contributed by atoms with van der Waals surface area (Å²) in [4.78, 5) is 2.71. The topological polar surface area (TPSA) is 23.5 Å². The highest BCUT2D eigenvalue weighted by atomic mass is 16.3. The van der Waals surface area contributed by atoms with Crippen LogP contribution < -0.4 is 0 Å². The van der Waals surface area contributed by atoms with Gasteiger partial charge in [-0.15, -0.1) is 0 Å². The van der Waals surface area contributed by atoms with E-state index in [0.717, 1.165) is 12.3 Å². The highest BCUT2D eigenvalue weighted by molar-refractivity contribution is 4.90. The Morgan fingerprint density at radius 1 is 1.17 bits per heavy atom. The quantitative estimate of drug-likeness (QED) is 0.811. The van der Waals surface area contributed by atoms with E-state index >= 15 is 0 Å². The van der Waals surface area contributed by atoms with E-state index in [2.05, 4.69) is 18.7 Å². The molecule has 1 N–H and O–H groups in total. The molecule has 2 heteroatoms. The lowest BCUT2D eigenvalue weighted by molar-refractivity contribution is 0.0280. The first-order chi connectivity index (χ1) is 8.72. The van der Waals surface area contributed by atoms with Gasteiger partial charge in [0.2, 0.25) is 0 Å². The van der Waals surface area contributed by atoms with Crippen LogP contribution in [0.3, 0.4) is 0 Å². The van der Waals surface area contributed by atoms with Gasteiger partial charge in [-0.2, -0.15) is 0 Å². The van der Waals surface area contributed by atoms with E-state index in [1.807, 2.05) is 0 Å². The van der Waals surface area contributed by atoms with Gasteiger partial charge in [0, 0.05) is 18.5 Å². The average Bonchev–Trinajstić information content (AvgIpc) is 2.76. The molecule has 0 aromatic heterocycles. The third-order valence-corrected chi connectivity index (χ3v) is 5.02. The van der Waals surface area contributed by atoms with Gasteiger partial charge in [0.1, 0.15) is 0 Å². The lowest BCUT2D eigenvalue weighted by Crippen LogP contribution is -2.47. The second-order valence-corrected chi connectivity index (χ2v) is 6.61. The molecule has 0 bridgehead atoms. The fourth-order valence-electron chi connectivity index (χ4n) is 4.13. The van der Waals surface area contributed by atoms with Gasteiger partial charge < -0.3 is 5.11 Å². The molecule has 1 aliphatic heterocycles. The van der Waals surface area contributed by atoms with Crippen LogP contribution in [0.4, 0.5) is 0 Å². The van der Waals surface area contributed by atoms with Crippen molar-refractivity contribution in [1.29, 1.82) is 0 Å². The van der Waals surface area contributed by atoms with Crippen LogP contribution in [-0.4, -0.2) is 35.2 Å². The molecule has 1 saturated carbocycles. The third-order valence-electron chi connectivity index (χ3n) is 5.02. The van der Waals surface area contributed by atoms with Crippen molar-refractivity contribution < 1.29 is 5.11 Å². The minimum absolute atomic E-state index is 0.0166. The van der Waals surface area contributed by atoms with Gasteiger partial charge in [-0.1, -0.05) is 33.1 Å². The fourth-order valence-corrected chi connectivity index (χ4v) is 4.13. The predicted octanol–water partition coefficient (Wildman–Crippen LogP) is 3.44. The van der Waals surface area contributed by atoms with Crippen LogP contribution in [0.25, 0.3) is 0 Å². The highest BCUT2D eigenvalue weighted by Crippen LogP contribution is 2.35. The molecule has 4 atom stereocenters. The van der Waals surface area contributed by atoms with Crippen molar-refractivity contribution in [3.63, 3.8) is 0 Å². The molecule has 2 aliphatic rings. The van der Waals surface area contributed by atoms with E-state index in [-0.39, 0.29) is 6.10 Å². The summed E-state index contributed by atoms with van der Waals surface area (Å²) in [5.74, 6) is 1.38. The number of likely N-dealkylation sites (tertiary alicyclic amines) is 1. The Morgan fingerprint density at radius 2 is 2.00 bits per heavy atom. The summed E-state index contributed by atoms with van der Waals surface area (Å²) < 4.78 is 0. The Balaban J connectivity index is 1.92. The van der Waals surface area contributed by atoms with E-state index in [1.165, 1.54) is 58.0 Å². The Morgan fingerprint density at radius 3 is 2.67 bits per heavy atom. The number of piperidine rings is 1. The molecule has 4 unspecified atom stereocenters. The molecule has 0 aromatic carbocycles. The minimum Gasteiger partial charge on any atom is -0.393 e. The van der Waals surface area contributed by atoms with E-state index in [0.29, 0.717) is 12.0 Å². The lowest BCUT2D eigenvalue weighted by atomic mass is 9.87. The van der Waals surface area contributed by atoms with Gasteiger partial charge in [0.05, 0.1) is 6.10 Å². The zero-order valence-electron chi connectivity index (χ0n) is 12.3. The smallest absolute Gasteiger partial charge is 0.0583 e. The van der Waals surface area contributed by atoms with Crippen LogP contribution in [0.15, 0.2) is 0 Å². The molecular formula is C16H31NO. The number of hydrogen-bond acceptors (Lipinski definition) is 2. The van der Waals surface area contributed by atoms with E-state index < -0.39 is 0 Å². The van der Waals surface area contributed by atoms with Crippen LogP contribution in [0, 0.1) is 11.8 Å². The van der Waals surface area contributed by atoms with Crippen LogP contribution in [0.1, 0.15) is 65.2 Å². The molecule has 0 spiro atoms. The zero-order chi connectivity index (χ0) is 13.0. The summed E-state index contributed by atoms with van der Waals surface area (Å²) in [6.45, 7) is 7.19. The van der Waals surface area contributed by atoms with Gasteiger partial charge >= 0.3 is 0 Å². The number of aliphatic hydroxyl groups is 1. The average molecular weight is 253 g/mol. The number of aliphatic hydroxyl groups excluding tert-OH is 1. The molecule has 1 saturated heterocycles. The number of hydrogen-bond donors (Lipinski definition) is 1. The SMILES string of the molecule is CCCC(C)CN1CCCCC1C1CCCC1O. The minimum atomic E-state index is -0.0166. The van der Waals surface area contributed by atoms with Gasteiger partial charge in [0.25, 0.3) is 0 Å². The monoisotopic (exact) mass is 253 g/mol. The van der Waals surface area contributed by atoms with Crippen LogP contribution >= 0.6 is 0 Å². The Bertz CT molecular complexity index is 243. The van der Waals surface area contributed by atoms with Crippen molar-refractivity contribution >= 4 is 0 Å². The summed E-state index contributed by atoms with van der Waals surface area (Å²) in [5, 5.41) is 10.2. The first kappa shape index (κ1) is 14.3.